The minimum Gasteiger partial charge on any atom is -0.483 e. The molecule has 0 saturated heterocycles. The molecule has 0 heterocycles. The van der Waals surface area contributed by atoms with Gasteiger partial charge in [0.15, 0.2) is 12.4 Å². The van der Waals surface area contributed by atoms with Gasteiger partial charge in [-0.15, -0.1) is 0 Å². The highest BCUT2D eigenvalue weighted by molar-refractivity contribution is 5.95. The minimum absolute atomic E-state index is 0.00436. The minimum atomic E-state index is -0.240. The summed E-state index contributed by atoms with van der Waals surface area (Å²) in [6.07, 6.45) is 0. The molecule has 0 aliphatic heterocycles. The van der Waals surface area contributed by atoms with E-state index in [0.717, 1.165) is 16.9 Å². The molecule has 1 N–H and O–H groups in total. The van der Waals surface area contributed by atoms with Gasteiger partial charge in [0.25, 0.3) is 5.91 Å². The number of nitrogens with one attached hydrogen (secondary N) is 1. The Bertz CT molecular complexity index is 771. The summed E-state index contributed by atoms with van der Waals surface area (Å²) in [5.74, 6) is 0.478. The first-order valence-corrected chi connectivity index (χ1v) is 8.31. The molecule has 0 aliphatic carbocycles. The molecule has 4 heteroatoms. The third-order valence-corrected chi connectivity index (χ3v) is 3.88. The number of benzene rings is 2. The third-order valence-electron chi connectivity index (χ3n) is 3.88. The lowest BCUT2D eigenvalue weighted by Gasteiger charge is -2.23. The molecule has 0 saturated carbocycles. The SMILES string of the molecule is CC(=O)c1ccc(NC(=O)COc2ccc(C)cc2C(C)(C)C)cc1. The smallest absolute Gasteiger partial charge is 0.262 e. The predicted octanol–water partition coefficient (Wildman–Crippen LogP) is 4.51. The monoisotopic (exact) mass is 339 g/mol. The van der Waals surface area contributed by atoms with E-state index in [-0.39, 0.29) is 23.7 Å². The topological polar surface area (TPSA) is 55.4 Å². The van der Waals surface area contributed by atoms with Crippen molar-refractivity contribution in [2.75, 3.05) is 11.9 Å². The zero-order valence-corrected chi connectivity index (χ0v) is 15.5. The molecule has 2 aromatic rings. The Labute approximate surface area is 149 Å². The van der Waals surface area contributed by atoms with E-state index >= 15 is 0 Å². The summed E-state index contributed by atoms with van der Waals surface area (Å²) in [5, 5.41) is 2.77. The van der Waals surface area contributed by atoms with E-state index < -0.39 is 0 Å². The molecule has 132 valence electrons. The molecule has 25 heavy (non-hydrogen) atoms. The Hall–Kier alpha value is -2.62. The van der Waals surface area contributed by atoms with Gasteiger partial charge < -0.3 is 10.1 Å². The first-order valence-electron chi connectivity index (χ1n) is 8.31. The molecule has 0 radical (unpaired) electrons. The number of carbonyl (C=O) groups is 2. The molecule has 0 bridgehead atoms. The molecule has 2 aromatic carbocycles. The van der Waals surface area contributed by atoms with Gasteiger partial charge in [-0.05, 0) is 55.2 Å². The highest BCUT2D eigenvalue weighted by Crippen LogP contribution is 2.32. The zero-order chi connectivity index (χ0) is 18.6. The average molecular weight is 339 g/mol. The van der Waals surface area contributed by atoms with E-state index in [4.69, 9.17) is 4.74 Å². The van der Waals surface area contributed by atoms with Crippen LogP contribution in [0.2, 0.25) is 0 Å². The van der Waals surface area contributed by atoms with Crippen LogP contribution in [0.3, 0.4) is 0 Å². The van der Waals surface area contributed by atoms with Crippen LogP contribution in [0.25, 0.3) is 0 Å². The molecule has 0 spiro atoms. The molecule has 0 atom stereocenters. The fraction of sp³-hybridized carbons (Fsp3) is 0.333. The van der Waals surface area contributed by atoms with E-state index in [1.54, 1.807) is 24.3 Å². The molecule has 1 amide bonds. The summed E-state index contributed by atoms with van der Waals surface area (Å²) in [6, 6.07) is 12.8. The van der Waals surface area contributed by atoms with E-state index in [1.807, 2.05) is 19.1 Å². The number of Topliss-reactive ketones (excluding diaryl/α,β-unsaturated/α-hetero) is 1. The van der Waals surface area contributed by atoms with Gasteiger partial charge in [-0.1, -0.05) is 38.5 Å². The van der Waals surface area contributed by atoms with Crippen molar-refractivity contribution in [3.8, 4) is 5.75 Å². The Kier molecular flexibility index (Phi) is 5.62. The van der Waals surface area contributed by atoms with Gasteiger partial charge in [0.05, 0.1) is 0 Å². The third kappa shape index (κ3) is 5.18. The van der Waals surface area contributed by atoms with Gasteiger partial charge >= 0.3 is 0 Å². The van der Waals surface area contributed by atoms with Crippen LogP contribution in [-0.4, -0.2) is 18.3 Å². The maximum Gasteiger partial charge on any atom is 0.262 e. The van der Waals surface area contributed by atoms with Gasteiger partial charge in [0.1, 0.15) is 5.75 Å². The van der Waals surface area contributed by atoms with E-state index in [9.17, 15) is 9.59 Å². The normalized spacial score (nSPS) is 11.1. The highest BCUT2D eigenvalue weighted by Gasteiger charge is 2.19. The summed E-state index contributed by atoms with van der Waals surface area (Å²) >= 11 is 0. The van der Waals surface area contributed by atoms with Crippen molar-refractivity contribution in [2.24, 2.45) is 0 Å². The molecule has 0 unspecified atom stereocenters. The largest absolute Gasteiger partial charge is 0.483 e. The average Bonchev–Trinajstić information content (AvgIpc) is 2.53. The van der Waals surface area contributed by atoms with Gasteiger partial charge in [-0.3, -0.25) is 9.59 Å². The fourth-order valence-electron chi connectivity index (χ4n) is 2.48. The Morgan fingerprint density at radius 3 is 2.24 bits per heavy atom. The van der Waals surface area contributed by atoms with Crippen LogP contribution in [0.15, 0.2) is 42.5 Å². The van der Waals surface area contributed by atoms with Crippen LogP contribution in [0.5, 0.6) is 5.75 Å². The Morgan fingerprint density at radius 2 is 1.68 bits per heavy atom. The lowest BCUT2D eigenvalue weighted by Crippen LogP contribution is -2.22. The molecular weight excluding hydrogens is 314 g/mol. The molecule has 2 rings (SSSR count). The summed E-state index contributed by atoms with van der Waals surface area (Å²) in [5.41, 5.74) is 3.42. The van der Waals surface area contributed by atoms with E-state index in [1.165, 1.54) is 6.92 Å². The number of ketones is 1. The molecule has 4 nitrogen and oxygen atoms in total. The number of rotatable bonds is 5. The zero-order valence-electron chi connectivity index (χ0n) is 15.5. The second-order valence-electron chi connectivity index (χ2n) is 7.22. The fourth-order valence-corrected chi connectivity index (χ4v) is 2.48. The second-order valence-corrected chi connectivity index (χ2v) is 7.22. The molecule has 0 fully saturated rings. The van der Waals surface area contributed by atoms with Gasteiger partial charge in [0, 0.05) is 11.3 Å². The van der Waals surface area contributed by atoms with Crippen molar-refractivity contribution in [1.82, 2.24) is 0 Å². The summed E-state index contributed by atoms with van der Waals surface area (Å²) in [7, 11) is 0. The first-order chi connectivity index (χ1) is 11.7. The number of amides is 1. The number of aryl methyl sites for hydroxylation is 1. The maximum absolute atomic E-state index is 12.1. The number of carbonyl (C=O) groups excluding carboxylic acids is 2. The van der Waals surface area contributed by atoms with Crippen LogP contribution in [0.4, 0.5) is 5.69 Å². The summed E-state index contributed by atoms with van der Waals surface area (Å²) in [4.78, 5) is 23.4. The van der Waals surface area contributed by atoms with Crippen LogP contribution in [0, 0.1) is 6.92 Å². The van der Waals surface area contributed by atoms with Crippen LogP contribution >= 0.6 is 0 Å². The van der Waals surface area contributed by atoms with E-state index in [2.05, 4.69) is 32.2 Å². The maximum atomic E-state index is 12.1. The highest BCUT2D eigenvalue weighted by atomic mass is 16.5. The van der Waals surface area contributed by atoms with Crippen molar-refractivity contribution in [3.63, 3.8) is 0 Å². The number of anilines is 1. The lowest BCUT2D eigenvalue weighted by molar-refractivity contribution is -0.118. The van der Waals surface area contributed by atoms with Crippen LogP contribution in [0.1, 0.15) is 49.2 Å². The molecule has 0 aliphatic rings. The predicted molar refractivity (Wildman–Crippen MR) is 100 cm³/mol. The standard InChI is InChI=1S/C21H25NO3/c1-14-6-11-19(18(12-14)21(3,4)5)25-13-20(24)22-17-9-7-16(8-10-17)15(2)23/h6-12H,13H2,1-5H3,(H,22,24). The summed E-state index contributed by atoms with van der Waals surface area (Å²) < 4.78 is 5.75. The quantitative estimate of drug-likeness (QED) is 0.815. The first kappa shape index (κ1) is 18.7. The number of ether oxygens (including phenoxy) is 1. The number of hydrogen-bond acceptors (Lipinski definition) is 3. The lowest BCUT2D eigenvalue weighted by atomic mass is 9.85. The Morgan fingerprint density at radius 1 is 1.04 bits per heavy atom. The molecular formula is C21H25NO3. The van der Waals surface area contributed by atoms with Gasteiger partial charge in [-0.25, -0.2) is 0 Å². The second kappa shape index (κ2) is 7.51. The van der Waals surface area contributed by atoms with Crippen LogP contribution in [-0.2, 0) is 10.2 Å². The Balaban J connectivity index is 2.02. The van der Waals surface area contributed by atoms with Crippen molar-refractivity contribution in [2.45, 2.75) is 40.0 Å². The van der Waals surface area contributed by atoms with Crippen molar-refractivity contribution in [3.05, 3.63) is 59.2 Å². The molecule has 0 aromatic heterocycles. The summed E-state index contributed by atoms with van der Waals surface area (Å²) in [6.45, 7) is 9.83. The number of hydrogen-bond donors (Lipinski definition) is 1. The van der Waals surface area contributed by atoms with Gasteiger partial charge in [0.2, 0.25) is 0 Å². The van der Waals surface area contributed by atoms with Crippen LogP contribution < -0.4 is 10.1 Å². The van der Waals surface area contributed by atoms with Crippen molar-refractivity contribution in [1.29, 1.82) is 0 Å². The van der Waals surface area contributed by atoms with Gasteiger partial charge in [-0.2, -0.15) is 0 Å². The van der Waals surface area contributed by atoms with Crippen molar-refractivity contribution >= 4 is 17.4 Å². The van der Waals surface area contributed by atoms with E-state index in [0.29, 0.717) is 11.3 Å². The van der Waals surface area contributed by atoms with Crippen molar-refractivity contribution < 1.29 is 14.3 Å².